The van der Waals surface area contributed by atoms with Crippen molar-refractivity contribution in [3.8, 4) is 11.1 Å². The molecule has 1 aliphatic heterocycles. The summed E-state index contributed by atoms with van der Waals surface area (Å²) in [6, 6.07) is 15.9. The van der Waals surface area contributed by atoms with Crippen molar-refractivity contribution in [2.45, 2.75) is 17.9 Å². The van der Waals surface area contributed by atoms with Crippen LogP contribution in [0.4, 0.5) is 13.6 Å². The van der Waals surface area contributed by atoms with Gasteiger partial charge in [-0.1, -0.05) is 48.5 Å². The molecule has 6 heteroatoms. The number of nitrogens with zero attached hydrogens (tertiary/aromatic N) is 1. The fourth-order valence-corrected chi connectivity index (χ4v) is 3.57. The van der Waals surface area contributed by atoms with E-state index >= 15 is 0 Å². The van der Waals surface area contributed by atoms with Gasteiger partial charge in [0.1, 0.15) is 6.61 Å². The summed E-state index contributed by atoms with van der Waals surface area (Å²) in [6.45, 7) is -0.668. The van der Waals surface area contributed by atoms with Crippen LogP contribution in [0.15, 0.2) is 48.5 Å². The van der Waals surface area contributed by atoms with Crippen LogP contribution in [0.2, 0.25) is 0 Å². The number of carbonyl (C=O) groups is 1. The van der Waals surface area contributed by atoms with Gasteiger partial charge in [0.2, 0.25) is 0 Å². The van der Waals surface area contributed by atoms with Crippen LogP contribution in [0.3, 0.4) is 0 Å². The van der Waals surface area contributed by atoms with E-state index in [4.69, 9.17) is 4.74 Å². The third-order valence-corrected chi connectivity index (χ3v) is 4.93. The minimum atomic E-state index is -2.87. The molecule has 2 aliphatic rings. The van der Waals surface area contributed by atoms with E-state index < -0.39 is 31.2 Å². The molecule has 4 nitrogen and oxygen atoms in total. The Labute approximate surface area is 143 Å². The van der Waals surface area contributed by atoms with Crippen LogP contribution in [0, 0.1) is 0 Å². The number of hydrogen-bond acceptors (Lipinski definition) is 3. The molecule has 0 bridgehead atoms. The fraction of sp³-hybridized carbons (Fsp3) is 0.316. The molecule has 25 heavy (non-hydrogen) atoms. The molecule has 1 N–H and O–H groups in total. The lowest BCUT2D eigenvalue weighted by Crippen LogP contribution is -2.67. The Morgan fingerprint density at radius 1 is 1.12 bits per heavy atom. The molecule has 1 aliphatic carbocycles. The zero-order valence-corrected chi connectivity index (χ0v) is 13.4. The van der Waals surface area contributed by atoms with Crippen molar-refractivity contribution >= 4 is 6.09 Å². The number of amides is 1. The van der Waals surface area contributed by atoms with E-state index in [2.05, 4.69) is 0 Å². The molecule has 130 valence electrons. The second-order valence-corrected chi connectivity index (χ2v) is 6.56. The van der Waals surface area contributed by atoms with Gasteiger partial charge in [-0.05, 0) is 22.3 Å². The summed E-state index contributed by atoms with van der Waals surface area (Å²) in [7, 11) is 0. The molecule has 0 unspecified atom stereocenters. The molecule has 4 rings (SSSR count). The van der Waals surface area contributed by atoms with Crippen LogP contribution in [0.25, 0.3) is 11.1 Å². The highest BCUT2D eigenvalue weighted by molar-refractivity contribution is 5.79. The smallest absolute Gasteiger partial charge is 0.409 e. The summed E-state index contributed by atoms with van der Waals surface area (Å²) in [5.74, 6) is -0.0772. The number of alkyl halides is 2. The average Bonchev–Trinajstić information content (AvgIpc) is 2.91. The largest absolute Gasteiger partial charge is 0.448 e. The van der Waals surface area contributed by atoms with Crippen LogP contribution in [-0.2, 0) is 4.74 Å². The van der Waals surface area contributed by atoms with Crippen LogP contribution in [-0.4, -0.2) is 47.8 Å². The highest BCUT2D eigenvalue weighted by atomic mass is 19.3. The van der Waals surface area contributed by atoms with E-state index in [1.165, 1.54) is 0 Å². The molecule has 1 heterocycles. The van der Waals surface area contributed by atoms with Gasteiger partial charge >= 0.3 is 6.09 Å². The van der Waals surface area contributed by atoms with E-state index in [1.54, 1.807) is 0 Å². The van der Waals surface area contributed by atoms with E-state index in [0.29, 0.717) is 0 Å². The number of fused-ring (bicyclic) bond motifs is 3. The number of rotatable bonds is 3. The monoisotopic (exact) mass is 345 g/mol. The molecule has 0 atom stereocenters. The molecular weight excluding hydrogens is 328 g/mol. The van der Waals surface area contributed by atoms with Crippen molar-refractivity contribution in [3.63, 3.8) is 0 Å². The molecule has 0 saturated carbocycles. The molecule has 2 aromatic rings. The Hall–Kier alpha value is -2.47. The number of aliphatic hydroxyl groups is 1. The van der Waals surface area contributed by atoms with Crippen molar-refractivity contribution in [2.24, 2.45) is 0 Å². The zero-order valence-electron chi connectivity index (χ0n) is 13.4. The minimum Gasteiger partial charge on any atom is -0.448 e. The third-order valence-electron chi connectivity index (χ3n) is 4.93. The van der Waals surface area contributed by atoms with E-state index in [-0.39, 0.29) is 12.5 Å². The SMILES string of the molecule is O=C(OCC1c2ccccc2-c2ccccc21)N1CC(O)(C(F)F)C1. The summed E-state index contributed by atoms with van der Waals surface area (Å²) in [5.41, 5.74) is 2.31. The fourth-order valence-electron chi connectivity index (χ4n) is 3.57. The lowest BCUT2D eigenvalue weighted by Gasteiger charge is -2.44. The van der Waals surface area contributed by atoms with Crippen LogP contribution < -0.4 is 0 Å². The van der Waals surface area contributed by atoms with Gasteiger partial charge in [0.15, 0.2) is 5.60 Å². The molecule has 1 saturated heterocycles. The van der Waals surface area contributed by atoms with Gasteiger partial charge in [0.25, 0.3) is 6.43 Å². The highest BCUT2D eigenvalue weighted by Gasteiger charge is 2.51. The van der Waals surface area contributed by atoms with Crippen molar-refractivity contribution in [2.75, 3.05) is 19.7 Å². The second kappa shape index (κ2) is 5.81. The molecule has 2 aromatic carbocycles. The van der Waals surface area contributed by atoms with Crippen LogP contribution in [0.5, 0.6) is 0 Å². The summed E-state index contributed by atoms with van der Waals surface area (Å²) in [6.07, 6.45) is -3.54. The first-order chi connectivity index (χ1) is 12.0. The Morgan fingerprint density at radius 3 is 2.16 bits per heavy atom. The standard InChI is InChI=1S/C19H17F2NO3/c20-17(21)19(24)10-22(11-19)18(23)25-9-16-14-7-3-1-5-12(14)13-6-2-4-8-15(13)16/h1-8,16-17,24H,9-11H2. The Kier molecular flexibility index (Phi) is 3.72. The normalized spacial score (nSPS) is 17.8. The van der Waals surface area contributed by atoms with Gasteiger partial charge in [-0.3, -0.25) is 0 Å². The van der Waals surface area contributed by atoms with Crippen molar-refractivity contribution in [3.05, 3.63) is 59.7 Å². The van der Waals surface area contributed by atoms with Gasteiger partial charge in [-0.2, -0.15) is 0 Å². The quantitative estimate of drug-likeness (QED) is 0.929. The maximum absolute atomic E-state index is 12.6. The number of carbonyl (C=O) groups excluding carboxylic acids is 1. The number of benzene rings is 2. The number of halogens is 2. The van der Waals surface area contributed by atoms with Crippen molar-refractivity contribution < 1.29 is 23.4 Å². The first kappa shape index (κ1) is 16.0. The molecule has 0 aromatic heterocycles. The summed E-state index contributed by atoms with van der Waals surface area (Å²) >= 11 is 0. The van der Waals surface area contributed by atoms with Gasteiger partial charge in [-0.25, -0.2) is 13.6 Å². The van der Waals surface area contributed by atoms with Crippen LogP contribution in [0.1, 0.15) is 17.0 Å². The van der Waals surface area contributed by atoms with Crippen LogP contribution >= 0.6 is 0 Å². The second-order valence-electron chi connectivity index (χ2n) is 6.56. The molecule has 1 amide bonds. The predicted molar refractivity (Wildman–Crippen MR) is 87.6 cm³/mol. The average molecular weight is 345 g/mol. The van der Waals surface area contributed by atoms with E-state index in [1.807, 2.05) is 48.5 Å². The van der Waals surface area contributed by atoms with Crippen molar-refractivity contribution in [1.29, 1.82) is 0 Å². The maximum Gasteiger partial charge on any atom is 0.409 e. The van der Waals surface area contributed by atoms with Gasteiger partial charge in [-0.15, -0.1) is 0 Å². The highest BCUT2D eigenvalue weighted by Crippen LogP contribution is 2.44. The molecular formula is C19H17F2NO3. The number of β-amino-alcohol motifs (C(OH)–C–C–N with tert-alkyl or cyclic N) is 1. The van der Waals surface area contributed by atoms with Gasteiger partial charge in [0.05, 0.1) is 13.1 Å². The lowest BCUT2D eigenvalue weighted by molar-refractivity contribution is -0.170. The summed E-state index contributed by atoms with van der Waals surface area (Å²) < 4.78 is 30.6. The minimum absolute atomic E-state index is 0.0772. The van der Waals surface area contributed by atoms with Gasteiger partial charge in [0, 0.05) is 5.92 Å². The van der Waals surface area contributed by atoms with E-state index in [9.17, 15) is 18.7 Å². The zero-order chi connectivity index (χ0) is 17.6. The number of ether oxygens (including phenoxy) is 1. The number of hydrogen-bond donors (Lipinski definition) is 1. The molecule has 1 fully saturated rings. The van der Waals surface area contributed by atoms with E-state index in [0.717, 1.165) is 27.2 Å². The Morgan fingerprint density at radius 2 is 1.64 bits per heavy atom. The Bertz CT molecular complexity index is 772. The third kappa shape index (κ3) is 2.57. The Balaban J connectivity index is 1.46. The molecule has 0 spiro atoms. The first-order valence-corrected chi connectivity index (χ1v) is 8.10. The maximum atomic E-state index is 12.6. The predicted octanol–water partition coefficient (Wildman–Crippen LogP) is 3.25. The first-order valence-electron chi connectivity index (χ1n) is 8.10. The number of likely N-dealkylation sites (tertiary alicyclic amines) is 1. The lowest BCUT2D eigenvalue weighted by atomic mass is 9.95. The molecule has 0 radical (unpaired) electrons. The topological polar surface area (TPSA) is 49.8 Å². The summed E-state index contributed by atoms with van der Waals surface area (Å²) in [4.78, 5) is 13.2. The van der Waals surface area contributed by atoms with Crippen molar-refractivity contribution in [1.82, 2.24) is 4.90 Å². The van der Waals surface area contributed by atoms with Gasteiger partial charge < -0.3 is 14.7 Å². The summed E-state index contributed by atoms with van der Waals surface area (Å²) in [5, 5.41) is 9.55.